The van der Waals surface area contributed by atoms with Crippen LogP contribution in [0.25, 0.3) is 11.3 Å². The molecule has 0 spiro atoms. The molecule has 26 heavy (non-hydrogen) atoms. The van der Waals surface area contributed by atoms with Crippen molar-refractivity contribution >= 4 is 23.4 Å². The van der Waals surface area contributed by atoms with Crippen molar-refractivity contribution in [2.45, 2.75) is 11.9 Å². The van der Waals surface area contributed by atoms with Crippen molar-refractivity contribution in [1.29, 1.82) is 0 Å². The van der Waals surface area contributed by atoms with Crippen LogP contribution in [0.1, 0.15) is 6.92 Å². The predicted octanol–water partition coefficient (Wildman–Crippen LogP) is 4.27. The average Bonchev–Trinajstić information content (AvgIpc) is 2.68. The Morgan fingerprint density at radius 3 is 2.42 bits per heavy atom. The number of nitrogens with zero attached hydrogens (tertiary/aromatic N) is 2. The molecule has 3 aromatic rings. The summed E-state index contributed by atoms with van der Waals surface area (Å²) in [7, 11) is 0. The number of nitrogens with one attached hydrogen (secondary N) is 1. The van der Waals surface area contributed by atoms with Crippen LogP contribution in [0.5, 0.6) is 5.75 Å². The van der Waals surface area contributed by atoms with Crippen molar-refractivity contribution in [3.63, 3.8) is 0 Å². The smallest absolute Gasteiger partial charge is 0.234 e. The summed E-state index contributed by atoms with van der Waals surface area (Å²) in [4.78, 5) is 12.0. The highest BCUT2D eigenvalue weighted by Crippen LogP contribution is 2.22. The molecule has 0 unspecified atom stereocenters. The Kier molecular flexibility index (Phi) is 6.22. The highest BCUT2D eigenvalue weighted by molar-refractivity contribution is 7.99. The van der Waals surface area contributed by atoms with E-state index in [0.717, 1.165) is 22.7 Å². The average molecular weight is 365 g/mol. The van der Waals surface area contributed by atoms with Crippen molar-refractivity contribution in [3.8, 4) is 17.0 Å². The minimum Gasteiger partial charge on any atom is -0.494 e. The highest BCUT2D eigenvalue weighted by Gasteiger charge is 2.06. The molecule has 0 radical (unpaired) electrons. The molecule has 0 saturated carbocycles. The maximum atomic E-state index is 12.0. The number of hydrogen-bond acceptors (Lipinski definition) is 5. The van der Waals surface area contributed by atoms with E-state index in [2.05, 4.69) is 15.5 Å². The normalized spacial score (nSPS) is 10.3. The van der Waals surface area contributed by atoms with Crippen LogP contribution in [0.3, 0.4) is 0 Å². The summed E-state index contributed by atoms with van der Waals surface area (Å²) in [5.74, 6) is 1.05. The lowest BCUT2D eigenvalue weighted by Gasteiger charge is -2.06. The van der Waals surface area contributed by atoms with Crippen LogP contribution in [0.15, 0.2) is 71.8 Å². The van der Waals surface area contributed by atoms with Crippen molar-refractivity contribution < 1.29 is 9.53 Å². The molecule has 1 N–H and O–H groups in total. The molecule has 0 aliphatic heterocycles. The summed E-state index contributed by atoms with van der Waals surface area (Å²) in [6.45, 7) is 2.60. The molecule has 1 heterocycles. The van der Waals surface area contributed by atoms with Crippen LogP contribution in [0, 0.1) is 0 Å². The zero-order valence-corrected chi connectivity index (χ0v) is 15.2. The van der Waals surface area contributed by atoms with Crippen molar-refractivity contribution in [2.24, 2.45) is 0 Å². The fourth-order valence-corrected chi connectivity index (χ4v) is 2.91. The molecule has 6 heteroatoms. The lowest BCUT2D eigenvalue weighted by atomic mass is 10.1. The van der Waals surface area contributed by atoms with Gasteiger partial charge >= 0.3 is 0 Å². The highest BCUT2D eigenvalue weighted by atomic mass is 32.2. The fourth-order valence-electron chi connectivity index (χ4n) is 2.30. The number of hydrogen-bond donors (Lipinski definition) is 1. The molecule has 1 amide bonds. The Balaban J connectivity index is 1.55. The van der Waals surface area contributed by atoms with Gasteiger partial charge in [0.15, 0.2) is 0 Å². The molecule has 0 saturated heterocycles. The van der Waals surface area contributed by atoms with Gasteiger partial charge in [-0.3, -0.25) is 4.79 Å². The zero-order chi connectivity index (χ0) is 18.2. The number of anilines is 1. The summed E-state index contributed by atoms with van der Waals surface area (Å²) >= 11 is 1.36. The van der Waals surface area contributed by atoms with Gasteiger partial charge in [0.05, 0.1) is 18.1 Å². The number of rotatable bonds is 7. The van der Waals surface area contributed by atoms with Gasteiger partial charge in [-0.2, -0.15) is 0 Å². The van der Waals surface area contributed by atoms with Crippen LogP contribution in [-0.4, -0.2) is 28.5 Å². The van der Waals surface area contributed by atoms with E-state index in [0.29, 0.717) is 11.6 Å². The summed E-state index contributed by atoms with van der Waals surface area (Å²) in [6, 6.07) is 20.9. The number of carbonyl (C=O) groups excluding carboxylic acids is 1. The molecule has 0 aliphatic carbocycles. The van der Waals surface area contributed by atoms with Gasteiger partial charge in [-0.25, -0.2) is 0 Å². The number of aromatic nitrogens is 2. The molecule has 0 bridgehead atoms. The van der Waals surface area contributed by atoms with Crippen LogP contribution < -0.4 is 10.1 Å². The zero-order valence-electron chi connectivity index (χ0n) is 14.4. The van der Waals surface area contributed by atoms with Gasteiger partial charge in [-0.1, -0.05) is 30.0 Å². The van der Waals surface area contributed by atoms with Gasteiger partial charge in [0, 0.05) is 11.3 Å². The largest absolute Gasteiger partial charge is 0.494 e. The lowest BCUT2D eigenvalue weighted by molar-refractivity contribution is -0.113. The number of para-hydroxylation sites is 1. The molecule has 3 rings (SSSR count). The minimum absolute atomic E-state index is 0.0708. The first-order valence-electron chi connectivity index (χ1n) is 8.29. The van der Waals surface area contributed by atoms with Gasteiger partial charge in [0.25, 0.3) is 0 Å². The van der Waals surface area contributed by atoms with Gasteiger partial charge < -0.3 is 10.1 Å². The third-order valence-corrected chi connectivity index (χ3v) is 4.43. The monoisotopic (exact) mass is 365 g/mol. The van der Waals surface area contributed by atoms with Crippen molar-refractivity contribution in [1.82, 2.24) is 10.2 Å². The summed E-state index contributed by atoms with van der Waals surface area (Å²) in [6.07, 6.45) is 0. The standard InChI is InChI=1S/C20H19N3O2S/c1-2-25-17-10-8-15(9-11-17)18-12-13-20(23-22-18)26-14-19(24)21-16-6-4-3-5-7-16/h3-13H,2,14H2,1H3,(H,21,24). The van der Waals surface area contributed by atoms with Gasteiger partial charge in [-0.15, -0.1) is 10.2 Å². The number of ether oxygens (including phenoxy) is 1. The van der Waals surface area contributed by atoms with E-state index in [1.165, 1.54) is 11.8 Å². The quantitative estimate of drug-likeness (QED) is 0.633. The molecule has 132 valence electrons. The van der Waals surface area contributed by atoms with Crippen LogP contribution in [-0.2, 0) is 4.79 Å². The van der Waals surface area contributed by atoms with E-state index in [1.54, 1.807) is 0 Å². The Morgan fingerprint density at radius 2 is 1.77 bits per heavy atom. The first-order chi connectivity index (χ1) is 12.7. The third-order valence-electron chi connectivity index (χ3n) is 3.51. The maximum absolute atomic E-state index is 12.0. The van der Waals surface area contributed by atoms with E-state index in [9.17, 15) is 4.79 Å². The van der Waals surface area contributed by atoms with E-state index >= 15 is 0 Å². The Morgan fingerprint density at radius 1 is 1.00 bits per heavy atom. The van der Waals surface area contributed by atoms with Crippen LogP contribution >= 0.6 is 11.8 Å². The molecule has 2 aromatic carbocycles. The summed E-state index contributed by atoms with van der Waals surface area (Å²) < 4.78 is 5.44. The first kappa shape index (κ1) is 17.9. The number of carbonyl (C=O) groups is 1. The second kappa shape index (κ2) is 9.01. The predicted molar refractivity (Wildman–Crippen MR) is 104 cm³/mol. The second-order valence-corrected chi connectivity index (χ2v) is 6.41. The van der Waals surface area contributed by atoms with Gasteiger partial charge in [-0.05, 0) is 55.5 Å². The Bertz CT molecular complexity index is 837. The van der Waals surface area contributed by atoms with Crippen LogP contribution in [0.4, 0.5) is 5.69 Å². The SMILES string of the molecule is CCOc1ccc(-c2ccc(SCC(=O)Nc3ccccc3)nn2)cc1. The Hall–Kier alpha value is -2.86. The van der Waals surface area contributed by atoms with Crippen molar-refractivity contribution in [2.75, 3.05) is 17.7 Å². The van der Waals surface area contributed by atoms with Gasteiger partial charge in [0.1, 0.15) is 10.8 Å². The first-order valence-corrected chi connectivity index (χ1v) is 9.28. The summed E-state index contributed by atoms with van der Waals surface area (Å²) in [5.41, 5.74) is 2.54. The summed E-state index contributed by atoms with van der Waals surface area (Å²) in [5, 5.41) is 12.0. The number of thioether (sulfide) groups is 1. The molecule has 1 aromatic heterocycles. The molecule has 0 atom stereocenters. The van der Waals surface area contributed by atoms with Gasteiger partial charge in [0.2, 0.25) is 5.91 Å². The molecule has 0 fully saturated rings. The number of amides is 1. The third kappa shape index (κ3) is 5.07. The molecule has 5 nitrogen and oxygen atoms in total. The Labute approximate surface area is 156 Å². The van der Waals surface area contributed by atoms with E-state index in [-0.39, 0.29) is 11.7 Å². The van der Waals surface area contributed by atoms with Crippen molar-refractivity contribution in [3.05, 3.63) is 66.7 Å². The van der Waals surface area contributed by atoms with E-state index in [4.69, 9.17) is 4.74 Å². The minimum atomic E-state index is -0.0708. The van der Waals surface area contributed by atoms with E-state index in [1.807, 2.05) is 73.7 Å². The van der Waals surface area contributed by atoms with Crippen LogP contribution in [0.2, 0.25) is 0 Å². The molecule has 0 aliphatic rings. The van der Waals surface area contributed by atoms with E-state index < -0.39 is 0 Å². The topological polar surface area (TPSA) is 64.1 Å². The molecular formula is C20H19N3O2S. The molecular weight excluding hydrogens is 346 g/mol. The second-order valence-electron chi connectivity index (χ2n) is 5.42. The number of benzene rings is 2. The maximum Gasteiger partial charge on any atom is 0.234 e. The fraction of sp³-hybridized carbons (Fsp3) is 0.150. The lowest BCUT2D eigenvalue weighted by Crippen LogP contribution is -2.13.